The summed E-state index contributed by atoms with van der Waals surface area (Å²) in [6.45, 7) is 3.28. The highest BCUT2D eigenvalue weighted by atomic mass is 16.6. The zero-order valence-electron chi connectivity index (χ0n) is 9.37. The highest BCUT2D eigenvalue weighted by Crippen LogP contribution is 2.25. The molecule has 0 aromatic heterocycles. The predicted octanol–water partition coefficient (Wildman–Crippen LogP) is 1.47. The molecule has 0 radical (unpaired) electrons. The van der Waals surface area contributed by atoms with E-state index in [-0.39, 0.29) is 36.6 Å². The van der Waals surface area contributed by atoms with Gasteiger partial charge in [-0.05, 0) is 0 Å². The average molecular weight is 226 g/mol. The molecule has 1 rings (SSSR count). The summed E-state index contributed by atoms with van der Waals surface area (Å²) in [4.78, 5) is 33.5. The molecule has 16 heavy (non-hydrogen) atoms. The number of Topliss-reactive ketones (excluding diaryl/α,β-unsaturated/α-hetero) is 1. The third kappa shape index (κ3) is 2.92. The van der Waals surface area contributed by atoms with Gasteiger partial charge in [0.15, 0.2) is 5.76 Å². The molecule has 5 heteroatoms. The number of carbonyl (C=O) groups is 3. The fourth-order valence-electron chi connectivity index (χ4n) is 1.22. The molecule has 5 nitrogen and oxygen atoms in total. The number of rotatable bonds is 4. The Hall–Kier alpha value is -1.65. The molecule has 0 amide bonds. The Labute approximate surface area is 93.4 Å². The summed E-state index contributed by atoms with van der Waals surface area (Å²) in [6.07, 6.45) is 0.925. The molecule has 0 N–H and O–H groups in total. The highest BCUT2D eigenvalue weighted by Gasteiger charge is 2.29. The SMILES string of the molecule is CCC(=O)OC1=C(OC(=O)CC)C(=O)CC1. The van der Waals surface area contributed by atoms with Crippen molar-refractivity contribution >= 4 is 17.7 Å². The van der Waals surface area contributed by atoms with E-state index in [0.29, 0.717) is 6.42 Å². The van der Waals surface area contributed by atoms with E-state index >= 15 is 0 Å². The first kappa shape index (κ1) is 12.4. The van der Waals surface area contributed by atoms with Gasteiger partial charge in [-0.25, -0.2) is 0 Å². The first-order valence-corrected chi connectivity index (χ1v) is 5.26. The van der Waals surface area contributed by atoms with E-state index in [1.54, 1.807) is 13.8 Å². The second kappa shape index (κ2) is 5.44. The van der Waals surface area contributed by atoms with Crippen LogP contribution in [0.1, 0.15) is 39.5 Å². The number of esters is 2. The standard InChI is InChI=1S/C11H14O5/c1-3-9(13)15-8-6-5-7(12)11(8)16-10(14)4-2/h3-6H2,1-2H3. The van der Waals surface area contributed by atoms with Crippen LogP contribution in [0, 0.1) is 0 Å². The van der Waals surface area contributed by atoms with Crippen molar-refractivity contribution in [2.75, 3.05) is 0 Å². The first-order chi connectivity index (χ1) is 7.58. The van der Waals surface area contributed by atoms with Gasteiger partial charge in [0.1, 0.15) is 0 Å². The van der Waals surface area contributed by atoms with Crippen molar-refractivity contribution in [1.29, 1.82) is 0 Å². The number of carbonyl (C=O) groups excluding carboxylic acids is 3. The van der Waals surface area contributed by atoms with Gasteiger partial charge in [0, 0.05) is 25.7 Å². The van der Waals surface area contributed by atoms with Crippen LogP contribution in [0.25, 0.3) is 0 Å². The lowest BCUT2D eigenvalue weighted by Crippen LogP contribution is -2.10. The van der Waals surface area contributed by atoms with Crippen molar-refractivity contribution in [3.05, 3.63) is 11.5 Å². The molecule has 1 aliphatic carbocycles. The molecule has 0 saturated carbocycles. The minimum Gasteiger partial charge on any atom is -0.427 e. The predicted molar refractivity (Wildman–Crippen MR) is 54.0 cm³/mol. The van der Waals surface area contributed by atoms with Crippen LogP contribution in [0.2, 0.25) is 0 Å². The summed E-state index contributed by atoms with van der Waals surface area (Å²) in [6, 6.07) is 0. The van der Waals surface area contributed by atoms with E-state index in [1.165, 1.54) is 0 Å². The number of allylic oxidation sites excluding steroid dienone is 2. The second-order valence-corrected chi connectivity index (χ2v) is 3.33. The van der Waals surface area contributed by atoms with Crippen LogP contribution in [0.5, 0.6) is 0 Å². The van der Waals surface area contributed by atoms with Gasteiger partial charge in [0.05, 0.1) is 0 Å². The van der Waals surface area contributed by atoms with Gasteiger partial charge < -0.3 is 9.47 Å². The van der Waals surface area contributed by atoms with Crippen LogP contribution < -0.4 is 0 Å². The van der Waals surface area contributed by atoms with E-state index in [9.17, 15) is 14.4 Å². The van der Waals surface area contributed by atoms with Crippen molar-refractivity contribution in [3.63, 3.8) is 0 Å². The van der Waals surface area contributed by atoms with Gasteiger partial charge >= 0.3 is 11.9 Å². The molecule has 0 saturated heterocycles. The number of ether oxygens (including phenoxy) is 2. The normalized spacial score (nSPS) is 15.2. The quantitative estimate of drug-likeness (QED) is 0.679. The Balaban J connectivity index is 2.79. The molecule has 0 atom stereocenters. The molecule has 0 aromatic carbocycles. The van der Waals surface area contributed by atoms with Crippen LogP contribution in [-0.4, -0.2) is 17.7 Å². The monoisotopic (exact) mass is 226 g/mol. The van der Waals surface area contributed by atoms with E-state index < -0.39 is 11.9 Å². The third-order valence-corrected chi connectivity index (χ3v) is 2.12. The smallest absolute Gasteiger partial charge is 0.311 e. The number of ketones is 1. The molecule has 88 valence electrons. The number of hydrogen-bond donors (Lipinski definition) is 0. The average Bonchev–Trinajstić information content (AvgIpc) is 2.61. The van der Waals surface area contributed by atoms with Gasteiger partial charge in [-0.2, -0.15) is 0 Å². The molecular formula is C11H14O5. The van der Waals surface area contributed by atoms with E-state index in [0.717, 1.165) is 0 Å². The van der Waals surface area contributed by atoms with Crippen LogP contribution in [0.15, 0.2) is 11.5 Å². The molecule has 0 heterocycles. The molecule has 0 fully saturated rings. The van der Waals surface area contributed by atoms with Crippen molar-refractivity contribution in [1.82, 2.24) is 0 Å². The molecule has 0 unspecified atom stereocenters. The molecular weight excluding hydrogens is 212 g/mol. The molecule has 0 spiro atoms. The summed E-state index contributed by atoms with van der Waals surface area (Å²) in [5.74, 6) is -1.15. The van der Waals surface area contributed by atoms with Gasteiger partial charge in [0.2, 0.25) is 11.5 Å². The highest BCUT2D eigenvalue weighted by molar-refractivity contribution is 5.98. The van der Waals surface area contributed by atoms with Gasteiger partial charge in [0.25, 0.3) is 0 Å². The zero-order chi connectivity index (χ0) is 12.1. The lowest BCUT2D eigenvalue weighted by atomic mass is 10.3. The van der Waals surface area contributed by atoms with Crippen molar-refractivity contribution in [3.8, 4) is 0 Å². The van der Waals surface area contributed by atoms with Crippen LogP contribution in [0.3, 0.4) is 0 Å². The maximum atomic E-state index is 11.4. The lowest BCUT2D eigenvalue weighted by Gasteiger charge is -2.06. The Morgan fingerprint density at radius 3 is 2.19 bits per heavy atom. The summed E-state index contributed by atoms with van der Waals surface area (Å²) >= 11 is 0. The Bertz CT molecular complexity index is 353. The maximum absolute atomic E-state index is 11.4. The third-order valence-electron chi connectivity index (χ3n) is 2.12. The fourth-order valence-corrected chi connectivity index (χ4v) is 1.22. The van der Waals surface area contributed by atoms with Crippen LogP contribution >= 0.6 is 0 Å². The van der Waals surface area contributed by atoms with Gasteiger partial charge in [-0.1, -0.05) is 13.8 Å². The number of hydrogen-bond acceptors (Lipinski definition) is 5. The summed E-state index contributed by atoms with van der Waals surface area (Å²) in [5, 5.41) is 0. The maximum Gasteiger partial charge on any atom is 0.311 e. The summed E-state index contributed by atoms with van der Waals surface area (Å²) in [7, 11) is 0. The molecule has 0 aromatic rings. The van der Waals surface area contributed by atoms with Crippen molar-refractivity contribution in [2.24, 2.45) is 0 Å². The van der Waals surface area contributed by atoms with Crippen LogP contribution in [0.4, 0.5) is 0 Å². The Kier molecular flexibility index (Phi) is 4.22. The van der Waals surface area contributed by atoms with Gasteiger partial charge in [-0.15, -0.1) is 0 Å². The summed E-state index contributed by atoms with van der Waals surface area (Å²) in [5.41, 5.74) is 0. The minimum absolute atomic E-state index is 0.103. The fraction of sp³-hybridized carbons (Fsp3) is 0.545. The van der Waals surface area contributed by atoms with E-state index in [2.05, 4.69) is 0 Å². The van der Waals surface area contributed by atoms with E-state index in [1.807, 2.05) is 0 Å². The molecule has 1 aliphatic rings. The summed E-state index contributed by atoms with van der Waals surface area (Å²) < 4.78 is 9.78. The second-order valence-electron chi connectivity index (χ2n) is 3.33. The molecule has 0 aliphatic heterocycles. The van der Waals surface area contributed by atoms with Gasteiger partial charge in [-0.3, -0.25) is 14.4 Å². The minimum atomic E-state index is -0.504. The molecule has 0 bridgehead atoms. The topological polar surface area (TPSA) is 69.7 Å². The zero-order valence-corrected chi connectivity index (χ0v) is 9.37. The van der Waals surface area contributed by atoms with Crippen molar-refractivity contribution < 1.29 is 23.9 Å². The Morgan fingerprint density at radius 2 is 1.62 bits per heavy atom. The first-order valence-electron chi connectivity index (χ1n) is 5.26. The van der Waals surface area contributed by atoms with Crippen LogP contribution in [-0.2, 0) is 23.9 Å². The Morgan fingerprint density at radius 1 is 1.06 bits per heavy atom. The lowest BCUT2D eigenvalue weighted by molar-refractivity contribution is -0.144. The van der Waals surface area contributed by atoms with E-state index in [4.69, 9.17) is 9.47 Å². The van der Waals surface area contributed by atoms with Crippen molar-refractivity contribution in [2.45, 2.75) is 39.5 Å². The largest absolute Gasteiger partial charge is 0.427 e.